The molecule has 2 aromatic rings. The highest BCUT2D eigenvalue weighted by Crippen LogP contribution is 2.27. The van der Waals surface area contributed by atoms with E-state index in [0.29, 0.717) is 11.3 Å². The number of nitro benzene ring substituents is 1. The van der Waals surface area contributed by atoms with Crippen LogP contribution in [0.5, 0.6) is 0 Å². The first kappa shape index (κ1) is 18.2. The summed E-state index contributed by atoms with van der Waals surface area (Å²) >= 11 is 4.99. The van der Waals surface area contributed by atoms with Gasteiger partial charge in [-0.1, -0.05) is 18.2 Å². The number of nitrogens with zero attached hydrogens (tertiary/aromatic N) is 2. The molecule has 0 spiro atoms. The lowest BCUT2D eigenvalue weighted by molar-refractivity contribution is -0.384. The van der Waals surface area contributed by atoms with E-state index in [0.717, 1.165) is 0 Å². The number of benzene rings is 1. The topological polar surface area (TPSA) is 106 Å². The molecule has 1 aliphatic rings. The van der Waals surface area contributed by atoms with Crippen LogP contribution in [0.4, 0.5) is 5.69 Å². The summed E-state index contributed by atoms with van der Waals surface area (Å²) in [6, 6.07) is 9.11. The minimum atomic E-state index is -0.626. The van der Waals surface area contributed by atoms with E-state index in [4.69, 9.17) is 16.6 Å². The minimum absolute atomic E-state index is 0.0128. The molecule has 0 atom stereocenters. The molecule has 1 fully saturated rings. The molecule has 3 rings (SSSR count). The Labute approximate surface area is 158 Å². The second kappa shape index (κ2) is 7.34. The Morgan fingerprint density at radius 2 is 2.07 bits per heavy atom. The summed E-state index contributed by atoms with van der Waals surface area (Å²) in [6.07, 6.45) is 2.79. The van der Waals surface area contributed by atoms with E-state index in [1.165, 1.54) is 29.2 Å². The Bertz CT molecular complexity index is 1010. The van der Waals surface area contributed by atoms with Crippen LogP contribution in [-0.4, -0.2) is 33.3 Å². The monoisotopic (exact) mass is 383 g/mol. The Balaban J connectivity index is 1.92. The molecule has 27 heavy (non-hydrogen) atoms. The molecule has 2 amide bonds. The standard InChI is InChI=1S/C18H13N3O5S/c1-2-8-20-17(23)14(16(22)19-18(20)27)10-13-6-7-15(26-13)11-4-3-5-12(9-11)21(24)25/h2-7,9-10H,1,8H2,(H,19,22,27)/b14-10+. The third-order valence-corrected chi connectivity index (χ3v) is 4.07. The number of nitrogens with one attached hydrogen (secondary N) is 1. The summed E-state index contributed by atoms with van der Waals surface area (Å²) < 4.78 is 5.62. The summed E-state index contributed by atoms with van der Waals surface area (Å²) in [5.74, 6) is -0.565. The fourth-order valence-corrected chi connectivity index (χ4v) is 2.74. The van der Waals surface area contributed by atoms with Gasteiger partial charge in [-0.05, 0) is 30.4 Å². The van der Waals surface area contributed by atoms with Gasteiger partial charge >= 0.3 is 0 Å². The Morgan fingerprint density at radius 3 is 2.78 bits per heavy atom. The average molecular weight is 383 g/mol. The molecule has 1 aromatic heterocycles. The summed E-state index contributed by atoms with van der Waals surface area (Å²) in [7, 11) is 0. The van der Waals surface area contributed by atoms with Crippen LogP contribution in [0.3, 0.4) is 0 Å². The zero-order valence-electron chi connectivity index (χ0n) is 13.9. The SMILES string of the molecule is C=CCN1C(=O)/C(=C/c2ccc(-c3cccc([N+](=O)[O-])c3)o2)C(=O)NC1=S. The van der Waals surface area contributed by atoms with Gasteiger partial charge in [-0.25, -0.2) is 0 Å². The van der Waals surface area contributed by atoms with E-state index in [1.54, 1.807) is 24.3 Å². The predicted molar refractivity (Wildman–Crippen MR) is 101 cm³/mol. The first-order valence-corrected chi connectivity index (χ1v) is 8.16. The molecule has 9 heteroatoms. The Morgan fingerprint density at radius 1 is 1.30 bits per heavy atom. The molecule has 1 aromatic carbocycles. The predicted octanol–water partition coefficient (Wildman–Crippen LogP) is 2.67. The second-order valence-electron chi connectivity index (χ2n) is 5.53. The third-order valence-electron chi connectivity index (χ3n) is 3.75. The fraction of sp³-hybridized carbons (Fsp3) is 0.0556. The number of rotatable bonds is 5. The smallest absolute Gasteiger partial charge is 0.270 e. The number of amides is 2. The number of non-ortho nitro benzene ring substituents is 1. The van der Waals surface area contributed by atoms with Crippen molar-refractivity contribution in [2.75, 3.05) is 6.54 Å². The molecule has 0 bridgehead atoms. The molecule has 8 nitrogen and oxygen atoms in total. The van der Waals surface area contributed by atoms with Gasteiger partial charge in [0.05, 0.1) is 4.92 Å². The van der Waals surface area contributed by atoms with Gasteiger partial charge in [0.15, 0.2) is 5.11 Å². The molecule has 0 unspecified atom stereocenters. The number of hydrogen-bond donors (Lipinski definition) is 1. The maximum absolute atomic E-state index is 12.5. The number of carbonyl (C=O) groups excluding carboxylic acids is 2. The number of hydrogen-bond acceptors (Lipinski definition) is 6. The molecular formula is C18H13N3O5S. The summed E-state index contributed by atoms with van der Waals surface area (Å²) in [5.41, 5.74) is 0.298. The molecule has 2 heterocycles. The van der Waals surface area contributed by atoms with Crippen molar-refractivity contribution in [1.82, 2.24) is 10.2 Å². The van der Waals surface area contributed by atoms with Crippen molar-refractivity contribution in [2.24, 2.45) is 0 Å². The second-order valence-corrected chi connectivity index (χ2v) is 5.92. The van der Waals surface area contributed by atoms with Crippen LogP contribution in [0.25, 0.3) is 17.4 Å². The van der Waals surface area contributed by atoms with Gasteiger partial charge in [-0.2, -0.15) is 0 Å². The molecule has 0 saturated carbocycles. The van der Waals surface area contributed by atoms with Crippen molar-refractivity contribution in [1.29, 1.82) is 0 Å². The number of thiocarbonyl (C=S) groups is 1. The Hall–Kier alpha value is -3.59. The van der Waals surface area contributed by atoms with E-state index >= 15 is 0 Å². The lowest BCUT2D eigenvalue weighted by Crippen LogP contribution is -2.53. The first-order chi connectivity index (χ1) is 12.9. The van der Waals surface area contributed by atoms with E-state index in [-0.39, 0.29) is 28.7 Å². The van der Waals surface area contributed by atoms with Gasteiger partial charge in [0.1, 0.15) is 17.1 Å². The fourth-order valence-electron chi connectivity index (χ4n) is 2.49. The van der Waals surface area contributed by atoms with Crippen molar-refractivity contribution < 1.29 is 18.9 Å². The van der Waals surface area contributed by atoms with Gasteiger partial charge in [0, 0.05) is 24.2 Å². The van der Waals surface area contributed by atoms with Gasteiger partial charge in [-0.3, -0.25) is 29.9 Å². The average Bonchev–Trinajstić information content (AvgIpc) is 3.11. The summed E-state index contributed by atoms with van der Waals surface area (Å²) in [6.45, 7) is 3.72. The van der Waals surface area contributed by atoms with Gasteiger partial charge in [0.25, 0.3) is 17.5 Å². The molecule has 136 valence electrons. The van der Waals surface area contributed by atoms with Gasteiger partial charge in [0.2, 0.25) is 0 Å². The number of nitro groups is 1. The molecule has 0 radical (unpaired) electrons. The maximum atomic E-state index is 12.5. The first-order valence-electron chi connectivity index (χ1n) is 7.75. The molecular weight excluding hydrogens is 370 g/mol. The lowest BCUT2D eigenvalue weighted by atomic mass is 10.1. The van der Waals surface area contributed by atoms with Gasteiger partial charge < -0.3 is 4.42 Å². The molecule has 0 aliphatic carbocycles. The Kier molecular flexibility index (Phi) is 4.95. The quantitative estimate of drug-likeness (QED) is 0.212. The van der Waals surface area contributed by atoms with Crippen molar-refractivity contribution >= 4 is 40.9 Å². The lowest BCUT2D eigenvalue weighted by Gasteiger charge is -2.27. The molecule has 1 saturated heterocycles. The highest BCUT2D eigenvalue weighted by atomic mass is 32.1. The van der Waals surface area contributed by atoms with Crippen molar-refractivity contribution in [3.63, 3.8) is 0 Å². The normalized spacial score (nSPS) is 15.8. The number of furan rings is 1. The van der Waals surface area contributed by atoms with Crippen LogP contribution in [-0.2, 0) is 9.59 Å². The molecule has 1 aliphatic heterocycles. The third kappa shape index (κ3) is 3.67. The van der Waals surface area contributed by atoms with Crippen LogP contribution < -0.4 is 5.32 Å². The van der Waals surface area contributed by atoms with Gasteiger partial charge in [-0.15, -0.1) is 6.58 Å². The van der Waals surface area contributed by atoms with Crippen LogP contribution in [0.1, 0.15) is 5.76 Å². The zero-order valence-corrected chi connectivity index (χ0v) is 14.7. The van der Waals surface area contributed by atoms with Crippen LogP contribution in [0.2, 0.25) is 0 Å². The van der Waals surface area contributed by atoms with Crippen LogP contribution in [0.15, 0.2) is 59.0 Å². The van der Waals surface area contributed by atoms with Crippen molar-refractivity contribution in [2.45, 2.75) is 0 Å². The van der Waals surface area contributed by atoms with E-state index in [9.17, 15) is 19.7 Å². The zero-order chi connectivity index (χ0) is 19.6. The minimum Gasteiger partial charge on any atom is -0.457 e. The van der Waals surface area contributed by atoms with E-state index in [2.05, 4.69) is 11.9 Å². The number of carbonyl (C=O) groups is 2. The highest BCUT2D eigenvalue weighted by Gasteiger charge is 2.32. The maximum Gasteiger partial charge on any atom is 0.270 e. The van der Waals surface area contributed by atoms with Crippen molar-refractivity contribution in [3.8, 4) is 11.3 Å². The summed E-state index contributed by atoms with van der Waals surface area (Å²) in [5, 5.41) is 13.3. The van der Waals surface area contributed by atoms with Crippen LogP contribution in [0, 0.1) is 10.1 Å². The van der Waals surface area contributed by atoms with E-state index < -0.39 is 16.7 Å². The van der Waals surface area contributed by atoms with E-state index in [1.807, 2.05) is 0 Å². The summed E-state index contributed by atoms with van der Waals surface area (Å²) in [4.78, 5) is 36.2. The van der Waals surface area contributed by atoms with Crippen LogP contribution >= 0.6 is 12.2 Å². The highest BCUT2D eigenvalue weighted by molar-refractivity contribution is 7.80. The largest absolute Gasteiger partial charge is 0.457 e. The molecule has 1 N–H and O–H groups in total. The van der Waals surface area contributed by atoms with Crippen molar-refractivity contribution in [3.05, 3.63) is 70.5 Å².